The Morgan fingerprint density at radius 1 is 0.900 bits per heavy atom. The van der Waals surface area contributed by atoms with Gasteiger partial charge in [-0.3, -0.25) is 0 Å². The van der Waals surface area contributed by atoms with E-state index >= 15 is 0 Å². The highest BCUT2D eigenvalue weighted by Gasteiger charge is 1.98. The van der Waals surface area contributed by atoms with E-state index in [4.69, 9.17) is 5.73 Å². The lowest BCUT2D eigenvalue weighted by molar-refractivity contribution is 1.46. The van der Waals surface area contributed by atoms with Crippen LogP contribution in [0.25, 0.3) is 22.4 Å². The van der Waals surface area contributed by atoms with Crippen LogP contribution in [-0.4, -0.2) is 4.98 Å². The summed E-state index contributed by atoms with van der Waals surface area (Å²) in [5.41, 5.74) is 8.62. The van der Waals surface area contributed by atoms with E-state index < -0.39 is 0 Å². The van der Waals surface area contributed by atoms with E-state index in [1.807, 2.05) is 66.8 Å². The van der Waals surface area contributed by atoms with E-state index in [0.29, 0.717) is 0 Å². The summed E-state index contributed by atoms with van der Waals surface area (Å²) in [7, 11) is 0. The first-order valence-corrected chi connectivity index (χ1v) is 7.19. The lowest BCUT2D eigenvalue weighted by Crippen LogP contribution is -1.82. The molecule has 0 aliphatic rings. The second-order valence-electron chi connectivity index (χ2n) is 4.40. The van der Waals surface area contributed by atoms with Gasteiger partial charge in [0.1, 0.15) is 5.01 Å². The Morgan fingerprint density at radius 3 is 2.45 bits per heavy atom. The largest absolute Gasteiger partial charge is 0.399 e. The number of nitrogens with zero attached hydrogens (tertiary/aromatic N) is 1. The molecule has 0 unspecified atom stereocenters. The van der Waals surface area contributed by atoms with Crippen LogP contribution < -0.4 is 5.73 Å². The van der Waals surface area contributed by atoms with Crippen molar-refractivity contribution in [3.05, 3.63) is 71.3 Å². The van der Waals surface area contributed by atoms with Crippen molar-refractivity contribution >= 4 is 39.4 Å². The maximum atomic E-state index is 5.65. The van der Waals surface area contributed by atoms with E-state index in [1.165, 1.54) is 4.70 Å². The molecule has 0 radical (unpaired) electrons. The lowest BCUT2D eigenvalue weighted by atomic mass is 10.2. The molecule has 0 aliphatic carbocycles. The third-order valence-electron chi connectivity index (χ3n) is 2.89. The highest BCUT2D eigenvalue weighted by atomic mass is 32.1. The van der Waals surface area contributed by atoms with Crippen molar-refractivity contribution in [1.82, 2.24) is 4.98 Å². The van der Waals surface area contributed by atoms with Crippen molar-refractivity contribution in [2.75, 3.05) is 5.73 Å². The van der Waals surface area contributed by atoms with Crippen molar-refractivity contribution in [1.29, 1.82) is 0 Å². The molecule has 98 valence electrons. The number of para-hydroxylation sites is 1. The molecule has 0 saturated carbocycles. The standard InChI is InChI=1S/C17H14N2S/c18-14-11-9-13(10-12-14)5-1-4-8-17-19-15-6-2-3-7-16(15)20-17/h1-12H,18H2/b5-1+,8-4+. The molecule has 0 aliphatic heterocycles. The summed E-state index contributed by atoms with van der Waals surface area (Å²) in [4.78, 5) is 4.55. The minimum absolute atomic E-state index is 0.784. The van der Waals surface area contributed by atoms with Gasteiger partial charge in [0, 0.05) is 5.69 Å². The molecule has 0 saturated heterocycles. The summed E-state index contributed by atoms with van der Waals surface area (Å²) in [5.74, 6) is 0. The molecular formula is C17H14N2S. The summed E-state index contributed by atoms with van der Waals surface area (Å²) >= 11 is 1.70. The third-order valence-corrected chi connectivity index (χ3v) is 3.89. The zero-order valence-corrected chi connectivity index (χ0v) is 11.7. The Kier molecular flexibility index (Phi) is 3.61. The van der Waals surface area contributed by atoms with Crippen LogP contribution in [0.1, 0.15) is 10.6 Å². The summed E-state index contributed by atoms with van der Waals surface area (Å²) in [6.45, 7) is 0. The van der Waals surface area contributed by atoms with Crippen molar-refractivity contribution in [3.63, 3.8) is 0 Å². The van der Waals surface area contributed by atoms with E-state index in [-0.39, 0.29) is 0 Å². The predicted molar refractivity (Wildman–Crippen MR) is 88.5 cm³/mol. The molecule has 3 rings (SSSR count). The molecule has 0 atom stereocenters. The molecule has 2 aromatic carbocycles. The first-order valence-electron chi connectivity index (χ1n) is 6.37. The minimum Gasteiger partial charge on any atom is -0.399 e. The van der Waals surface area contributed by atoms with Gasteiger partial charge in [0.05, 0.1) is 10.2 Å². The number of nitrogens with two attached hydrogens (primary N) is 1. The number of nitrogen functional groups attached to an aromatic ring is 1. The molecule has 0 bridgehead atoms. The monoisotopic (exact) mass is 278 g/mol. The van der Waals surface area contributed by atoms with E-state index in [0.717, 1.165) is 21.8 Å². The van der Waals surface area contributed by atoms with Gasteiger partial charge in [-0.15, -0.1) is 11.3 Å². The minimum atomic E-state index is 0.784. The van der Waals surface area contributed by atoms with Crippen LogP contribution >= 0.6 is 11.3 Å². The molecule has 0 fully saturated rings. The lowest BCUT2D eigenvalue weighted by Gasteiger charge is -1.93. The molecule has 0 amide bonds. The fourth-order valence-corrected chi connectivity index (χ4v) is 2.75. The average Bonchev–Trinajstić information content (AvgIpc) is 2.88. The molecule has 3 heteroatoms. The Bertz CT molecular complexity index is 734. The SMILES string of the molecule is Nc1ccc(/C=C/C=C/c2nc3ccccc3s2)cc1. The summed E-state index contributed by atoms with van der Waals surface area (Å²) < 4.78 is 1.22. The number of hydrogen-bond donors (Lipinski definition) is 1. The number of thiazole rings is 1. The Morgan fingerprint density at radius 2 is 1.65 bits per heavy atom. The topological polar surface area (TPSA) is 38.9 Å². The van der Waals surface area contributed by atoms with Gasteiger partial charge in [-0.2, -0.15) is 0 Å². The Balaban J connectivity index is 1.72. The predicted octanol–water partition coefficient (Wildman–Crippen LogP) is 4.61. The van der Waals surface area contributed by atoms with Crippen LogP contribution in [0.3, 0.4) is 0 Å². The maximum absolute atomic E-state index is 5.65. The number of rotatable bonds is 3. The number of hydrogen-bond acceptors (Lipinski definition) is 3. The van der Waals surface area contributed by atoms with Gasteiger partial charge in [0.25, 0.3) is 0 Å². The molecule has 1 heterocycles. The molecule has 2 nitrogen and oxygen atoms in total. The van der Waals surface area contributed by atoms with Gasteiger partial charge in [0.15, 0.2) is 0 Å². The van der Waals surface area contributed by atoms with E-state index in [2.05, 4.69) is 11.1 Å². The van der Waals surface area contributed by atoms with Gasteiger partial charge >= 0.3 is 0 Å². The Hall–Kier alpha value is -2.39. The quantitative estimate of drug-likeness (QED) is 0.561. The second kappa shape index (κ2) is 5.72. The molecule has 0 spiro atoms. The van der Waals surface area contributed by atoms with Crippen molar-refractivity contribution in [2.45, 2.75) is 0 Å². The Labute approximate surface area is 121 Å². The van der Waals surface area contributed by atoms with Crippen LogP contribution in [0.4, 0.5) is 5.69 Å². The first-order chi connectivity index (χ1) is 9.81. The maximum Gasteiger partial charge on any atom is 0.117 e. The van der Waals surface area contributed by atoms with Crippen molar-refractivity contribution in [3.8, 4) is 0 Å². The van der Waals surface area contributed by atoms with Gasteiger partial charge < -0.3 is 5.73 Å². The number of benzene rings is 2. The zero-order chi connectivity index (χ0) is 13.8. The number of allylic oxidation sites excluding steroid dienone is 2. The summed E-state index contributed by atoms with van der Waals surface area (Å²) in [6.07, 6.45) is 8.09. The van der Waals surface area contributed by atoms with Gasteiger partial charge in [-0.25, -0.2) is 4.98 Å². The molecule has 20 heavy (non-hydrogen) atoms. The normalized spacial score (nSPS) is 11.8. The first kappa shape index (κ1) is 12.6. The fraction of sp³-hybridized carbons (Fsp3) is 0. The summed E-state index contributed by atoms with van der Waals surface area (Å²) in [5, 5.41) is 1.02. The number of anilines is 1. The molecule has 2 N–H and O–H groups in total. The fourth-order valence-electron chi connectivity index (χ4n) is 1.87. The van der Waals surface area contributed by atoms with E-state index in [9.17, 15) is 0 Å². The highest BCUT2D eigenvalue weighted by Crippen LogP contribution is 2.22. The average molecular weight is 278 g/mol. The van der Waals surface area contributed by atoms with Crippen molar-refractivity contribution < 1.29 is 0 Å². The van der Waals surface area contributed by atoms with E-state index in [1.54, 1.807) is 11.3 Å². The zero-order valence-electron chi connectivity index (χ0n) is 10.9. The van der Waals surface area contributed by atoms with Crippen LogP contribution in [0.15, 0.2) is 60.7 Å². The van der Waals surface area contributed by atoms with Crippen LogP contribution in [0.5, 0.6) is 0 Å². The molecule has 1 aromatic heterocycles. The van der Waals surface area contributed by atoms with Crippen molar-refractivity contribution in [2.24, 2.45) is 0 Å². The van der Waals surface area contributed by atoms with Gasteiger partial charge in [-0.05, 0) is 35.9 Å². The van der Waals surface area contributed by atoms with Crippen LogP contribution in [0.2, 0.25) is 0 Å². The van der Waals surface area contributed by atoms with Gasteiger partial charge in [0.2, 0.25) is 0 Å². The van der Waals surface area contributed by atoms with Gasteiger partial charge in [-0.1, -0.05) is 42.5 Å². The molecular weight excluding hydrogens is 264 g/mol. The van der Waals surface area contributed by atoms with Crippen LogP contribution in [-0.2, 0) is 0 Å². The second-order valence-corrected chi connectivity index (χ2v) is 5.47. The number of fused-ring (bicyclic) bond motifs is 1. The smallest absolute Gasteiger partial charge is 0.117 e. The third kappa shape index (κ3) is 2.95. The number of aromatic nitrogens is 1. The summed E-state index contributed by atoms with van der Waals surface area (Å²) in [6, 6.07) is 16.0. The van der Waals surface area contributed by atoms with Crippen LogP contribution in [0, 0.1) is 0 Å². The molecule has 3 aromatic rings. The highest BCUT2D eigenvalue weighted by molar-refractivity contribution is 7.19.